The largest absolute Gasteiger partial charge is 0.481 e. The van der Waals surface area contributed by atoms with Gasteiger partial charge >= 0.3 is 6.18 Å². The Hall–Kier alpha value is -1.69. The second-order valence-corrected chi connectivity index (χ2v) is 4.95. The summed E-state index contributed by atoms with van der Waals surface area (Å²) >= 11 is 1.35. The molecule has 0 aliphatic rings. The van der Waals surface area contributed by atoms with Gasteiger partial charge in [0.05, 0.1) is 0 Å². The van der Waals surface area contributed by atoms with E-state index in [0.29, 0.717) is 10.8 Å². The molecule has 1 heterocycles. The fraction of sp³-hybridized carbons (Fsp3) is 0.214. The molecule has 0 unspecified atom stereocenters. The summed E-state index contributed by atoms with van der Waals surface area (Å²) in [6.07, 6.45) is -2.81. The minimum Gasteiger partial charge on any atom is -0.481 e. The second kappa shape index (κ2) is 6.65. The molecule has 106 valence electrons. The molecule has 0 amide bonds. The van der Waals surface area contributed by atoms with Crippen molar-refractivity contribution in [1.29, 1.82) is 0 Å². The Labute approximate surface area is 119 Å². The SMILES string of the molecule is FC(F)(F)COc1cccnc1SCc1ccccc1. The molecule has 1 aromatic carbocycles. The summed E-state index contributed by atoms with van der Waals surface area (Å²) in [6.45, 7) is -1.31. The maximum atomic E-state index is 12.2. The average molecular weight is 299 g/mol. The first-order valence-corrected chi connectivity index (χ1v) is 6.84. The summed E-state index contributed by atoms with van der Waals surface area (Å²) in [5.41, 5.74) is 1.07. The Bertz CT molecular complexity index is 546. The van der Waals surface area contributed by atoms with Crippen molar-refractivity contribution >= 4 is 11.8 Å². The van der Waals surface area contributed by atoms with Crippen molar-refractivity contribution < 1.29 is 17.9 Å². The van der Waals surface area contributed by atoms with Crippen molar-refractivity contribution in [3.63, 3.8) is 0 Å². The van der Waals surface area contributed by atoms with Crippen LogP contribution < -0.4 is 4.74 Å². The number of alkyl halides is 3. The summed E-state index contributed by atoms with van der Waals surface area (Å²) in [7, 11) is 0. The Morgan fingerprint density at radius 3 is 2.50 bits per heavy atom. The molecule has 2 rings (SSSR count). The highest BCUT2D eigenvalue weighted by Gasteiger charge is 2.28. The number of ether oxygens (including phenoxy) is 1. The summed E-state index contributed by atoms with van der Waals surface area (Å²) < 4.78 is 41.3. The van der Waals surface area contributed by atoms with Crippen LogP contribution in [0.4, 0.5) is 13.2 Å². The van der Waals surface area contributed by atoms with Crippen LogP contribution in [-0.4, -0.2) is 17.8 Å². The third kappa shape index (κ3) is 4.77. The van der Waals surface area contributed by atoms with Gasteiger partial charge in [-0.2, -0.15) is 13.2 Å². The van der Waals surface area contributed by atoms with E-state index in [2.05, 4.69) is 4.98 Å². The van der Waals surface area contributed by atoms with E-state index in [0.717, 1.165) is 5.56 Å². The lowest BCUT2D eigenvalue weighted by Crippen LogP contribution is -2.19. The highest BCUT2D eigenvalue weighted by Crippen LogP contribution is 2.30. The third-order valence-electron chi connectivity index (χ3n) is 2.35. The lowest BCUT2D eigenvalue weighted by atomic mass is 10.2. The van der Waals surface area contributed by atoms with E-state index in [1.165, 1.54) is 24.0 Å². The van der Waals surface area contributed by atoms with Crippen LogP contribution >= 0.6 is 11.8 Å². The first-order chi connectivity index (χ1) is 9.54. The maximum Gasteiger partial charge on any atom is 0.422 e. The molecule has 0 atom stereocenters. The van der Waals surface area contributed by atoms with E-state index in [1.807, 2.05) is 30.3 Å². The van der Waals surface area contributed by atoms with Gasteiger partial charge in [0.15, 0.2) is 12.4 Å². The third-order valence-corrected chi connectivity index (χ3v) is 3.40. The lowest BCUT2D eigenvalue weighted by molar-refractivity contribution is -0.153. The van der Waals surface area contributed by atoms with Crippen molar-refractivity contribution in [1.82, 2.24) is 4.98 Å². The molecule has 2 aromatic rings. The van der Waals surface area contributed by atoms with Crippen molar-refractivity contribution in [2.24, 2.45) is 0 Å². The van der Waals surface area contributed by atoms with Crippen LogP contribution in [0.5, 0.6) is 5.75 Å². The predicted octanol–water partition coefficient (Wildman–Crippen LogP) is 4.32. The molecule has 0 radical (unpaired) electrons. The monoisotopic (exact) mass is 299 g/mol. The standard InChI is InChI=1S/C14H12F3NOS/c15-14(16,17)10-19-12-7-4-8-18-13(12)20-9-11-5-2-1-3-6-11/h1-8H,9-10H2. The Kier molecular flexibility index (Phi) is 4.89. The smallest absolute Gasteiger partial charge is 0.422 e. The topological polar surface area (TPSA) is 22.1 Å². The van der Waals surface area contributed by atoms with Gasteiger partial charge in [0, 0.05) is 11.9 Å². The van der Waals surface area contributed by atoms with Crippen molar-refractivity contribution in [2.45, 2.75) is 17.0 Å². The Morgan fingerprint density at radius 2 is 1.80 bits per heavy atom. The molecule has 0 bridgehead atoms. The number of thioether (sulfide) groups is 1. The quantitative estimate of drug-likeness (QED) is 0.768. The molecule has 0 N–H and O–H groups in total. The number of rotatable bonds is 5. The van der Waals surface area contributed by atoms with Crippen LogP contribution in [0.1, 0.15) is 5.56 Å². The molecule has 0 spiro atoms. The molecule has 2 nitrogen and oxygen atoms in total. The lowest BCUT2D eigenvalue weighted by Gasteiger charge is -2.11. The fourth-order valence-corrected chi connectivity index (χ4v) is 2.38. The zero-order valence-corrected chi connectivity index (χ0v) is 11.2. The Morgan fingerprint density at radius 1 is 1.05 bits per heavy atom. The summed E-state index contributed by atoms with van der Waals surface area (Å²) in [5.74, 6) is 0.783. The molecule has 0 fully saturated rings. The van der Waals surface area contributed by atoms with E-state index in [-0.39, 0.29) is 5.75 Å². The molecular formula is C14H12F3NOS. The Balaban J connectivity index is 2.01. The highest BCUT2D eigenvalue weighted by molar-refractivity contribution is 7.98. The van der Waals surface area contributed by atoms with E-state index in [4.69, 9.17) is 4.74 Å². The average Bonchev–Trinajstić information content (AvgIpc) is 2.44. The number of pyridine rings is 1. The molecule has 0 aliphatic heterocycles. The molecule has 0 saturated heterocycles. The minimum atomic E-state index is -4.35. The zero-order valence-electron chi connectivity index (χ0n) is 10.4. The summed E-state index contributed by atoms with van der Waals surface area (Å²) in [6, 6.07) is 12.7. The first kappa shape index (κ1) is 14.7. The number of hydrogen-bond acceptors (Lipinski definition) is 3. The van der Waals surface area contributed by atoms with Crippen LogP contribution in [0, 0.1) is 0 Å². The number of benzene rings is 1. The molecule has 20 heavy (non-hydrogen) atoms. The van der Waals surface area contributed by atoms with Gasteiger partial charge in [0.2, 0.25) is 0 Å². The van der Waals surface area contributed by atoms with Crippen molar-refractivity contribution in [3.8, 4) is 5.75 Å². The van der Waals surface area contributed by atoms with Crippen molar-refractivity contribution in [3.05, 3.63) is 54.2 Å². The van der Waals surface area contributed by atoms with Crippen LogP contribution in [0.25, 0.3) is 0 Å². The molecule has 0 saturated carbocycles. The summed E-state index contributed by atoms with van der Waals surface area (Å²) in [5, 5.41) is 0.459. The molecule has 1 aromatic heterocycles. The normalized spacial score (nSPS) is 11.3. The van der Waals surface area contributed by atoms with E-state index < -0.39 is 12.8 Å². The molecule has 6 heteroatoms. The van der Waals surface area contributed by atoms with Crippen LogP contribution in [-0.2, 0) is 5.75 Å². The van der Waals surface area contributed by atoms with Gasteiger partial charge in [-0.05, 0) is 17.7 Å². The molecular weight excluding hydrogens is 287 g/mol. The number of hydrogen-bond donors (Lipinski definition) is 0. The number of aromatic nitrogens is 1. The van der Waals surface area contributed by atoms with Gasteiger partial charge in [-0.1, -0.05) is 42.1 Å². The van der Waals surface area contributed by atoms with Gasteiger partial charge in [-0.3, -0.25) is 0 Å². The zero-order chi connectivity index (χ0) is 14.4. The summed E-state index contributed by atoms with van der Waals surface area (Å²) in [4.78, 5) is 4.07. The maximum absolute atomic E-state index is 12.2. The van der Waals surface area contributed by atoms with E-state index in [1.54, 1.807) is 6.07 Å². The number of halogens is 3. The van der Waals surface area contributed by atoms with Gasteiger partial charge in [0.25, 0.3) is 0 Å². The first-order valence-electron chi connectivity index (χ1n) is 5.86. The molecule has 0 aliphatic carbocycles. The second-order valence-electron chi connectivity index (χ2n) is 3.98. The van der Waals surface area contributed by atoms with E-state index in [9.17, 15) is 13.2 Å². The predicted molar refractivity (Wildman–Crippen MR) is 71.8 cm³/mol. The van der Waals surface area contributed by atoms with Gasteiger partial charge < -0.3 is 4.74 Å². The van der Waals surface area contributed by atoms with Gasteiger partial charge in [-0.25, -0.2) is 4.98 Å². The highest BCUT2D eigenvalue weighted by atomic mass is 32.2. The van der Waals surface area contributed by atoms with Crippen LogP contribution in [0.15, 0.2) is 53.7 Å². The number of nitrogens with zero attached hydrogens (tertiary/aromatic N) is 1. The van der Waals surface area contributed by atoms with Gasteiger partial charge in [-0.15, -0.1) is 0 Å². The van der Waals surface area contributed by atoms with Crippen LogP contribution in [0.3, 0.4) is 0 Å². The fourth-order valence-electron chi connectivity index (χ4n) is 1.48. The minimum absolute atomic E-state index is 0.158. The van der Waals surface area contributed by atoms with E-state index >= 15 is 0 Å². The van der Waals surface area contributed by atoms with Crippen LogP contribution in [0.2, 0.25) is 0 Å². The van der Waals surface area contributed by atoms with Crippen molar-refractivity contribution in [2.75, 3.05) is 6.61 Å². The van der Waals surface area contributed by atoms with Gasteiger partial charge in [0.1, 0.15) is 5.03 Å².